The maximum absolute atomic E-state index is 12.0. The van der Waals surface area contributed by atoms with Gasteiger partial charge in [-0.05, 0) is 39.0 Å². The molecule has 0 bridgehead atoms. The molecule has 0 aromatic heterocycles. The average Bonchev–Trinajstić information content (AvgIpc) is 2.96. The van der Waals surface area contributed by atoms with Gasteiger partial charge in [0, 0.05) is 38.3 Å². The largest absolute Gasteiger partial charge is 0.381 e. The minimum absolute atomic E-state index is 0.0846. The van der Waals surface area contributed by atoms with Crippen LogP contribution in [-0.2, 0) is 9.47 Å². The van der Waals surface area contributed by atoms with Gasteiger partial charge in [-0.2, -0.15) is 0 Å². The normalized spacial score (nSPS) is 26.8. The summed E-state index contributed by atoms with van der Waals surface area (Å²) in [5, 5.41) is 2.99. The quantitative estimate of drug-likeness (QED) is 0.759. The molecule has 116 valence electrons. The van der Waals surface area contributed by atoms with Crippen molar-refractivity contribution < 1.29 is 14.3 Å². The van der Waals surface area contributed by atoms with Gasteiger partial charge >= 0.3 is 6.03 Å². The van der Waals surface area contributed by atoms with Crippen LogP contribution in [0.2, 0.25) is 0 Å². The molecule has 0 unspecified atom stereocenters. The molecule has 2 rings (SSSR count). The Labute approximate surface area is 122 Å². The summed E-state index contributed by atoms with van der Waals surface area (Å²) in [5.41, 5.74) is 0. The number of nitrogens with one attached hydrogen (secondary N) is 1. The Bertz CT molecular complexity index is 293. The van der Waals surface area contributed by atoms with Crippen molar-refractivity contribution in [3.05, 3.63) is 0 Å². The van der Waals surface area contributed by atoms with Crippen molar-refractivity contribution in [3.63, 3.8) is 0 Å². The van der Waals surface area contributed by atoms with E-state index in [-0.39, 0.29) is 6.03 Å². The van der Waals surface area contributed by atoms with E-state index in [1.807, 2.05) is 4.90 Å². The zero-order chi connectivity index (χ0) is 14.2. The lowest BCUT2D eigenvalue weighted by Crippen LogP contribution is -2.47. The molecule has 2 fully saturated rings. The third kappa shape index (κ3) is 4.94. The Balaban J connectivity index is 1.48. The molecule has 5 heteroatoms. The van der Waals surface area contributed by atoms with E-state index in [4.69, 9.17) is 9.47 Å². The van der Waals surface area contributed by atoms with Crippen molar-refractivity contribution in [2.24, 2.45) is 5.92 Å². The third-order valence-electron chi connectivity index (χ3n) is 4.18. The standard InChI is InChI=1S/C15H28N2O3/c1-13-5-2-3-8-17(13)15(18)16-7-4-9-19-11-14-6-10-20-12-14/h13-14H,2-12H2,1H3,(H,16,18)/t13-,14-/m0/s1. The summed E-state index contributed by atoms with van der Waals surface area (Å²) < 4.78 is 10.9. The van der Waals surface area contributed by atoms with Crippen molar-refractivity contribution in [1.82, 2.24) is 10.2 Å². The topological polar surface area (TPSA) is 50.8 Å². The van der Waals surface area contributed by atoms with Gasteiger partial charge in [0.05, 0.1) is 13.2 Å². The summed E-state index contributed by atoms with van der Waals surface area (Å²) in [7, 11) is 0. The lowest BCUT2D eigenvalue weighted by Gasteiger charge is -2.33. The molecule has 0 radical (unpaired) electrons. The summed E-state index contributed by atoms with van der Waals surface area (Å²) in [6, 6.07) is 0.462. The fraction of sp³-hybridized carbons (Fsp3) is 0.933. The Hall–Kier alpha value is -0.810. The van der Waals surface area contributed by atoms with Gasteiger partial charge in [-0.3, -0.25) is 0 Å². The molecule has 1 N–H and O–H groups in total. The first-order valence-corrected chi connectivity index (χ1v) is 7.97. The van der Waals surface area contributed by atoms with Gasteiger partial charge in [0.15, 0.2) is 0 Å². The molecule has 0 spiro atoms. The molecule has 0 aromatic carbocycles. The van der Waals surface area contributed by atoms with Gasteiger partial charge in [0.2, 0.25) is 0 Å². The molecular formula is C15H28N2O3. The first-order chi connectivity index (χ1) is 9.77. The summed E-state index contributed by atoms with van der Waals surface area (Å²) in [4.78, 5) is 14.0. The maximum Gasteiger partial charge on any atom is 0.317 e. The second-order valence-electron chi connectivity index (χ2n) is 5.93. The maximum atomic E-state index is 12.0. The van der Waals surface area contributed by atoms with Crippen LogP contribution < -0.4 is 5.32 Å². The van der Waals surface area contributed by atoms with Crippen molar-refractivity contribution in [2.75, 3.05) is 39.5 Å². The van der Waals surface area contributed by atoms with Crippen LogP contribution in [0.1, 0.15) is 39.0 Å². The Morgan fingerprint density at radius 3 is 3.05 bits per heavy atom. The van der Waals surface area contributed by atoms with Crippen LogP contribution in [0.3, 0.4) is 0 Å². The Kier molecular flexibility index (Phi) is 6.60. The number of carbonyl (C=O) groups excluding carboxylic acids is 1. The van der Waals surface area contributed by atoms with Gasteiger partial charge < -0.3 is 19.7 Å². The molecule has 2 atom stereocenters. The highest BCUT2D eigenvalue weighted by Crippen LogP contribution is 2.16. The number of rotatable bonds is 6. The molecule has 0 aliphatic carbocycles. The second-order valence-corrected chi connectivity index (χ2v) is 5.93. The van der Waals surface area contributed by atoms with E-state index in [9.17, 15) is 4.79 Å². The lowest BCUT2D eigenvalue weighted by molar-refractivity contribution is 0.0880. The van der Waals surface area contributed by atoms with Crippen molar-refractivity contribution in [2.45, 2.75) is 45.1 Å². The SMILES string of the molecule is C[C@H]1CCCCN1C(=O)NCCCOC[C@@H]1CCOC1. The summed E-state index contributed by atoms with van der Waals surface area (Å²) >= 11 is 0. The molecule has 0 aromatic rings. The number of hydrogen-bond donors (Lipinski definition) is 1. The van der Waals surface area contributed by atoms with Crippen LogP contribution in [0.25, 0.3) is 0 Å². The molecule has 2 amide bonds. The number of ether oxygens (including phenoxy) is 2. The summed E-state index contributed by atoms with van der Waals surface area (Å²) in [6.45, 7) is 6.94. The monoisotopic (exact) mass is 284 g/mol. The first-order valence-electron chi connectivity index (χ1n) is 7.97. The van der Waals surface area contributed by atoms with Crippen LogP contribution >= 0.6 is 0 Å². The molecule has 2 aliphatic heterocycles. The lowest BCUT2D eigenvalue weighted by atomic mass is 10.0. The Morgan fingerprint density at radius 1 is 1.40 bits per heavy atom. The van der Waals surface area contributed by atoms with Crippen molar-refractivity contribution in [1.29, 1.82) is 0 Å². The summed E-state index contributed by atoms with van der Waals surface area (Å²) in [5.74, 6) is 0.568. The summed E-state index contributed by atoms with van der Waals surface area (Å²) in [6.07, 6.45) is 5.49. The van der Waals surface area contributed by atoms with Gasteiger partial charge in [-0.1, -0.05) is 0 Å². The van der Waals surface area contributed by atoms with Gasteiger partial charge in [0.1, 0.15) is 0 Å². The van der Waals surface area contributed by atoms with E-state index in [2.05, 4.69) is 12.2 Å². The zero-order valence-electron chi connectivity index (χ0n) is 12.6. The molecule has 20 heavy (non-hydrogen) atoms. The third-order valence-corrected chi connectivity index (χ3v) is 4.18. The van der Waals surface area contributed by atoms with Crippen LogP contribution in [-0.4, -0.2) is 56.5 Å². The van der Waals surface area contributed by atoms with Crippen LogP contribution in [0.5, 0.6) is 0 Å². The average molecular weight is 284 g/mol. The predicted molar refractivity (Wildman–Crippen MR) is 77.8 cm³/mol. The number of amides is 2. The fourth-order valence-electron chi connectivity index (χ4n) is 2.84. The highest BCUT2D eigenvalue weighted by Gasteiger charge is 2.22. The number of carbonyl (C=O) groups is 1. The Morgan fingerprint density at radius 2 is 2.30 bits per heavy atom. The van der Waals surface area contributed by atoms with Crippen molar-refractivity contribution >= 4 is 6.03 Å². The predicted octanol–water partition coefficient (Wildman–Crippen LogP) is 2.01. The number of likely N-dealkylation sites (tertiary alicyclic amines) is 1. The van der Waals surface area contributed by atoms with E-state index < -0.39 is 0 Å². The molecule has 2 aliphatic rings. The molecule has 0 saturated carbocycles. The number of urea groups is 1. The highest BCUT2D eigenvalue weighted by atomic mass is 16.5. The van der Waals surface area contributed by atoms with Crippen molar-refractivity contribution in [3.8, 4) is 0 Å². The van der Waals surface area contributed by atoms with E-state index in [0.29, 0.717) is 25.1 Å². The van der Waals surface area contributed by atoms with Crippen LogP contribution in [0, 0.1) is 5.92 Å². The molecule has 2 heterocycles. The zero-order valence-corrected chi connectivity index (χ0v) is 12.6. The number of piperidine rings is 1. The fourth-order valence-corrected chi connectivity index (χ4v) is 2.84. The number of hydrogen-bond acceptors (Lipinski definition) is 3. The van der Waals surface area contributed by atoms with E-state index in [0.717, 1.165) is 52.0 Å². The van der Waals surface area contributed by atoms with Gasteiger partial charge in [-0.25, -0.2) is 4.79 Å². The van der Waals surface area contributed by atoms with Crippen LogP contribution in [0.4, 0.5) is 4.79 Å². The van der Waals surface area contributed by atoms with Crippen LogP contribution in [0.15, 0.2) is 0 Å². The molecule has 2 saturated heterocycles. The van der Waals surface area contributed by atoms with E-state index >= 15 is 0 Å². The van der Waals surface area contributed by atoms with E-state index in [1.165, 1.54) is 6.42 Å². The minimum atomic E-state index is 0.0846. The van der Waals surface area contributed by atoms with Gasteiger partial charge in [-0.15, -0.1) is 0 Å². The highest BCUT2D eigenvalue weighted by molar-refractivity contribution is 5.74. The second kappa shape index (κ2) is 8.47. The first kappa shape index (κ1) is 15.6. The molecular weight excluding hydrogens is 256 g/mol. The van der Waals surface area contributed by atoms with E-state index in [1.54, 1.807) is 0 Å². The minimum Gasteiger partial charge on any atom is -0.381 e. The number of nitrogens with zero attached hydrogens (tertiary/aromatic N) is 1. The molecule has 5 nitrogen and oxygen atoms in total. The van der Waals surface area contributed by atoms with Gasteiger partial charge in [0.25, 0.3) is 0 Å². The smallest absolute Gasteiger partial charge is 0.317 e.